The second-order valence-corrected chi connectivity index (χ2v) is 6.92. The van der Waals surface area contributed by atoms with Gasteiger partial charge < -0.3 is 20.5 Å². The molecule has 1 fully saturated rings. The number of rotatable bonds is 6. The molecule has 1 aliphatic heterocycles. The third kappa shape index (κ3) is 4.34. The molecule has 1 atom stereocenters. The maximum absolute atomic E-state index is 4.80. The average molecular weight is 387 g/mol. The number of likely N-dealkylation sites (N-methyl/N-ethyl adjacent to an activating group) is 1. The Bertz CT molecular complexity index is 893. The van der Waals surface area contributed by atoms with Crippen LogP contribution in [0, 0.1) is 0 Å². The SMILES string of the molecule is CCCc1cc(N2CC[C@H](NC)C2)nc(Nc2ccc3cc[nH]c3c2)n1.Cl. The summed E-state index contributed by atoms with van der Waals surface area (Å²) in [6.07, 6.45) is 5.14. The molecule has 6 nitrogen and oxygen atoms in total. The molecule has 2 aromatic heterocycles. The van der Waals surface area contributed by atoms with E-state index in [1.54, 1.807) is 0 Å². The molecule has 0 bridgehead atoms. The van der Waals surface area contributed by atoms with Crippen molar-refractivity contribution in [2.75, 3.05) is 30.4 Å². The number of H-pyrrole nitrogens is 1. The summed E-state index contributed by atoms with van der Waals surface area (Å²) in [5.41, 5.74) is 3.19. The number of nitrogens with zero attached hydrogens (tertiary/aromatic N) is 3. The first-order valence-corrected chi connectivity index (χ1v) is 9.39. The zero-order valence-electron chi connectivity index (χ0n) is 15.8. The summed E-state index contributed by atoms with van der Waals surface area (Å²) >= 11 is 0. The number of benzene rings is 1. The number of hydrogen-bond acceptors (Lipinski definition) is 5. The van der Waals surface area contributed by atoms with Crippen LogP contribution in [0.3, 0.4) is 0 Å². The molecule has 27 heavy (non-hydrogen) atoms. The molecule has 3 heterocycles. The van der Waals surface area contributed by atoms with Crippen molar-refractivity contribution in [2.45, 2.75) is 32.2 Å². The van der Waals surface area contributed by atoms with Crippen molar-refractivity contribution in [1.82, 2.24) is 20.3 Å². The first-order valence-electron chi connectivity index (χ1n) is 9.39. The van der Waals surface area contributed by atoms with E-state index >= 15 is 0 Å². The highest BCUT2D eigenvalue weighted by Gasteiger charge is 2.23. The minimum absolute atomic E-state index is 0. The van der Waals surface area contributed by atoms with Gasteiger partial charge in [-0.1, -0.05) is 19.4 Å². The standard InChI is InChI=1S/C20H26N6.ClH/c1-3-4-15-12-19(26-10-8-17(13-26)21-2)25-20(23-15)24-16-6-5-14-7-9-22-18(14)11-16;/h5-7,9,11-12,17,21-22H,3-4,8,10,13H2,1-2H3,(H,23,24,25);1H/t17-;/m0./s1. The monoisotopic (exact) mass is 386 g/mol. The van der Waals surface area contributed by atoms with Crippen molar-refractivity contribution in [3.63, 3.8) is 0 Å². The lowest BCUT2D eigenvalue weighted by Gasteiger charge is -2.19. The normalized spacial score (nSPS) is 16.5. The second kappa shape index (κ2) is 8.59. The molecule has 0 spiro atoms. The number of aromatic amines is 1. The van der Waals surface area contributed by atoms with Gasteiger partial charge in [0.05, 0.1) is 0 Å². The summed E-state index contributed by atoms with van der Waals surface area (Å²) in [4.78, 5) is 15.1. The first kappa shape index (κ1) is 19.5. The van der Waals surface area contributed by atoms with E-state index in [-0.39, 0.29) is 12.4 Å². The van der Waals surface area contributed by atoms with E-state index in [0.29, 0.717) is 12.0 Å². The molecule has 0 unspecified atom stereocenters. The number of fused-ring (bicyclic) bond motifs is 1. The molecule has 0 aliphatic carbocycles. The summed E-state index contributed by atoms with van der Waals surface area (Å²) < 4.78 is 0. The summed E-state index contributed by atoms with van der Waals surface area (Å²) in [6, 6.07) is 11.0. The van der Waals surface area contributed by atoms with Crippen molar-refractivity contribution in [2.24, 2.45) is 0 Å². The fraction of sp³-hybridized carbons (Fsp3) is 0.400. The summed E-state index contributed by atoms with van der Waals surface area (Å²) in [5.74, 6) is 1.69. The molecule has 1 aliphatic rings. The van der Waals surface area contributed by atoms with Gasteiger partial charge in [0, 0.05) is 48.3 Å². The fourth-order valence-electron chi connectivity index (χ4n) is 3.54. The average Bonchev–Trinajstić information content (AvgIpc) is 3.30. The Morgan fingerprint density at radius 1 is 1.22 bits per heavy atom. The quantitative estimate of drug-likeness (QED) is 0.600. The maximum Gasteiger partial charge on any atom is 0.229 e. The summed E-state index contributed by atoms with van der Waals surface area (Å²) in [7, 11) is 2.03. The third-order valence-electron chi connectivity index (χ3n) is 5.00. The Morgan fingerprint density at radius 2 is 2.11 bits per heavy atom. The highest BCUT2D eigenvalue weighted by Crippen LogP contribution is 2.24. The van der Waals surface area contributed by atoms with Gasteiger partial charge in [-0.2, -0.15) is 4.98 Å². The lowest BCUT2D eigenvalue weighted by molar-refractivity contribution is 0.616. The predicted octanol–water partition coefficient (Wildman–Crippen LogP) is 3.87. The zero-order valence-corrected chi connectivity index (χ0v) is 16.6. The number of aromatic nitrogens is 3. The van der Waals surface area contributed by atoms with Gasteiger partial charge in [0.15, 0.2) is 0 Å². The third-order valence-corrected chi connectivity index (χ3v) is 5.00. The molecule has 0 radical (unpaired) electrons. The van der Waals surface area contributed by atoms with Crippen LogP contribution in [0.2, 0.25) is 0 Å². The van der Waals surface area contributed by atoms with Crippen molar-refractivity contribution in [1.29, 1.82) is 0 Å². The molecule has 7 heteroatoms. The van der Waals surface area contributed by atoms with Crippen LogP contribution in [-0.4, -0.2) is 41.1 Å². The van der Waals surface area contributed by atoms with Crippen molar-refractivity contribution >= 4 is 40.8 Å². The van der Waals surface area contributed by atoms with Crippen molar-refractivity contribution < 1.29 is 0 Å². The van der Waals surface area contributed by atoms with Gasteiger partial charge in [-0.15, -0.1) is 12.4 Å². The predicted molar refractivity (Wildman–Crippen MR) is 115 cm³/mol. The molecule has 3 aromatic rings. The minimum atomic E-state index is 0. The smallest absolute Gasteiger partial charge is 0.229 e. The van der Waals surface area contributed by atoms with E-state index < -0.39 is 0 Å². The van der Waals surface area contributed by atoms with E-state index in [9.17, 15) is 0 Å². The van der Waals surface area contributed by atoms with Crippen LogP contribution >= 0.6 is 12.4 Å². The van der Waals surface area contributed by atoms with Crippen LogP contribution < -0.4 is 15.5 Å². The molecule has 144 valence electrons. The number of anilines is 3. The highest BCUT2D eigenvalue weighted by molar-refractivity contribution is 5.85. The van der Waals surface area contributed by atoms with Crippen LogP contribution in [0.5, 0.6) is 0 Å². The van der Waals surface area contributed by atoms with Gasteiger partial charge in [-0.25, -0.2) is 4.98 Å². The Kier molecular flexibility index (Phi) is 6.19. The number of hydrogen-bond donors (Lipinski definition) is 3. The fourth-order valence-corrected chi connectivity index (χ4v) is 3.54. The molecule has 0 saturated carbocycles. The summed E-state index contributed by atoms with van der Waals surface area (Å²) in [6.45, 7) is 4.20. The van der Waals surface area contributed by atoms with E-state index in [0.717, 1.165) is 55.1 Å². The molecular weight excluding hydrogens is 360 g/mol. The topological polar surface area (TPSA) is 68.9 Å². The molecular formula is C20H27ClN6. The first-order chi connectivity index (χ1) is 12.7. The van der Waals surface area contributed by atoms with Crippen LogP contribution in [0.1, 0.15) is 25.5 Å². The molecule has 1 saturated heterocycles. The van der Waals surface area contributed by atoms with Crippen LogP contribution in [0.4, 0.5) is 17.5 Å². The molecule has 4 rings (SSSR count). The zero-order chi connectivity index (χ0) is 17.9. The number of aryl methyl sites for hydroxylation is 1. The van der Waals surface area contributed by atoms with Gasteiger partial charge >= 0.3 is 0 Å². The van der Waals surface area contributed by atoms with Gasteiger partial charge in [0.1, 0.15) is 5.82 Å². The van der Waals surface area contributed by atoms with E-state index in [1.165, 1.54) is 5.39 Å². The van der Waals surface area contributed by atoms with Gasteiger partial charge in [0.25, 0.3) is 0 Å². The van der Waals surface area contributed by atoms with E-state index in [1.807, 2.05) is 13.2 Å². The van der Waals surface area contributed by atoms with Crippen molar-refractivity contribution in [3.05, 3.63) is 42.2 Å². The van der Waals surface area contributed by atoms with Crippen molar-refractivity contribution in [3.8, 4) is 0 Å². The van der Waals surface area contributed by atoms with E-state index in [2.05, 4.69) is 57.8 Å². The largest absolute Gasteiger partial charge is 0.361 e. The number of nitrogens with one attached hydrogen (secondary N) is 3. The lowest BCUT2D eigenvalue weighted by Crippen LogP contribution is -2.30. The van der Waals surface area contributed by atoms with E-state index in [4.69, 9.17) is 9.97 Å². The van der Waals surface area contributed by atoms with Crippen LogP contribution in [0.15, 0.2) is 36.5 Å². The Hall–Kier alpha value is -2.31. The van der Waals surface area contributed by atoms with Gasteiger partial charge in [0.2, 0.25) is 5.95 Å². The number of halogens is 1. The highest BCUT2D eigenvalue weighted by atomic mass is 35.5. The Balaban J connectivity index is 0.00000210. The Labute approximate surface area is 166 Å². The Morgan fingerprint density at radius 3 is 2.89 bits per heavy atom. The maximum atomic E-state index is 4.80. The van der Waals surface area contributed by atoms with Gasteiger partial charge in [-0.3, -0.25) is 0 Å². The van der Waals surface area contributed by atoms with Gasteiger partial charge in [-0.05, 0) is 43.5 Å². The molecule has 0 amide bonds. The lowest BCUT2D eigenvalue weighted by atomic mass is 10.2. The minimum Gasteiger partial charge on any atom is -0.361 e. The van der Waals surface area contributed by atoms with Crippen LogP contribution in [0.25, 0.3) is 10.9 Å². The molecule has 1 aromatic carbocycles. The molecule has 3 N–H and O–H groups in total. The summed E-state index contributed by atoms with van der Waals surface area (Å²) in [5, 5.41) is 7.96. The second-order valence-electron chi connectivity index (χ2n) is 6.92. The van der Waals surface area contributed by atoms with Crippen LogP contribution in [-0.2, 0) is 6.42 Å².